The first kappa shape index (κ1) is 9.89. The van der Waals surface area contributed by atoms with Crippen LogP contribution in [0.25, 0.3) is 0 Å². The highest BCUT2D eigenvalue weighted by Gasteiger charge is 2.66. The Morgan fingerprint density at radius 1 is 0.722 bits per heavy atom. The lowest BCUT2D eigenvalue weighted by atomic mass is 9.93. The molecule has 5 rings (SSSR count). The minimum absolute atomic E-state index is 0.570. The monoisotopic (exact) mass is 272 g/mol. The molecule has 2 aromatic carbocycles. The lowest BCUT2D eigenvalue weighted by Gasteiger charge is -2.12. The van der Waals surface area contributed by atoms with Crippen LogP contribution >= 0.6 is 23.2 Å². The molecule has 1 fully saturated rings. The number of halogens is 2. The summed E-state index contributed by atoms with van der Waals surface area (Å²) in [5.74, 6) is 2.80. The fourth-order valence-corrected chi connectivity index (χ4v) is 4.71. The normalized spacial score (nSPS) is 33.0. The zero-order valence-electron chi connectivity index (χ0n) is 9.53. The largest absolute Gasteiger partial charge is 0.0827 e. The van der Waals surface area contributed by atoms with Gasteiger partial charge in [-0.05, 0) is 52.1 Å². The van der Waals surface area contributed by atoms with Crippen LogP contribution in [0.3, 0.4) is 0 Å². The molecule has 88 valence electrons. The van der Waals surface area contributed by atoms with Crippen LogP contribution in [0.2, 0.25) is 10.0 Å². The summed E-state index contributed by atoms with van der Waals surface area (Å²) in [7, 11) is 0. The van der Waals surface area contributed by atoms with E-state index in [2.05, 4.69) is 36.4 Å². The van der Waals surface area contributed by atoms with Crippen molar-refractivity contribution in [3.8, 4) is 0 Å². The maximum absolute atomic E-state index is 6.19. The van der Waals surface area contributed by atoms with Gasteiger partial charge in [0, 0.05) is 5.92 Å². The topological polar surface area (TPSA) is 0 Å². The average molecular weight is 273 g/mol. The van der Waals surface area contributed by atoms with E-state index in [1.807, 2.05) is 0 Å². The van der Waals surface area contributed by atoms with Crippen molar-refractivity contribution in [3.05, 3.63) is 68.7 Å². The van der Waals surface area contributed by atoms with Crippen molar-refractivity contribution in [2.45, 2.75) is 17.8 Å². The van der Waals surface area contributed by atoms with Gasteiger partial charge in [-0.3, -0.25) is 0 Å². The minimum atomic E-state index is 0.570. The van der Waals surface area contributed by atoms with Crippen LogP contribution in [0.15, 0.2) is 36.4 Å². The second kappa shape index (κ2) is 2.95. The van der Waals surface area contributed by atoms with Gasteiger partial charge in [0.15, 0.2) is 0 Å². The molecule has 0 heterocycles. The molecule has 0 spiro atoms. The smallest absolute Gasteiger partial charge is 0.0595 e. The highest BCUT2D eigenvalue weighted by molar-refractivity contribution is 6.42. The van der Waals surface area contributed by atoms with Crippen molar-refractivity contribution in [1.82, 2.24) is 0 Å². The zero-order valence-corrected chi connectivity index (χ0v) is 11.0. The van der Waals surface area contributed by atoms with Gasteiger partial charge in [-0.2, -0.15) is 0 Å². The van der Waals surface area contributed by atoms with Crippen molar-refractivity contribution in [3.63, 3.8) is 0 Å². The first-order chi connectivity index (χ1) is 8.77. The summed E-state index contributed by atoms with van der Waals surface area (Å²) in [5, 5.41) is 1.39. The number of hydrogen-bond acceptors (Lipinski definition) is 0. The van der Waals surface area contributed by atoms with Gasteiger partial charge in [-0.1, -0.05) is 47.5 Å². The highest BCUT2D eigenvalue weighted by Crippen LogP contribution is 2.78. The van der Waals surface area contributed by atoms with Gasteiger partial charge in [-0.25, -0.2) is 0 Å². The van der Waals surface area contributed by atoms with Gasteiger partial charge in [0.25, 0.3) is 0 Å². The molecule has 0 nitrogen and oxygen atoms in total. The number of hydrogen-bond donors (Lipinski definition) is 0. The molecule has 1 saturated carbocycles. The van der Waals surface area contributed by atoms with Gasteiger partial charge in [0.05, 0.1) is 10.0 Å². The molecule has 0 bridgehead atoms. The Balaban J connectivity index is 1.81. The Kier molecular flexibility index (Phi) is 1.62. The summed E-state index contributed by atoms with van der Waals surface area (Å²) in [4.78, 5) is 0. The first-order valence-corrected chi connectivity index (χ1v) is 7.10. The molecular weight excluding hydrogens is 263 g/mol. The summed E-state index contributed by atoms with van der Waals surface area (Å²) >= 11 is 12.4. The standard InChI is InChI=1S/C16H10Cl2/c17-11-5-9-10(6-12(11)18)15-14-8-4-2-1-3-7(8)13(9)16(14)15/h1-6,13-16H/t13-,14+,15-,16+/m1/s1. The van der Waals surface area contributed by atoms with Crippen molar-refractivity contribution in [2.24, 2.45) is 5.92 Å². The second-order valence-corrected chi connectivity index (χ2v) is 6.45. The van der Waals surface area contributed by atoms with Crippen LogP contribution in [0, 0.1) is 5.92 Å². The Bertz CT molecular complexity index is 704. The number of benzene rings is 2. The molecule has 0 aromatic heterocycles. The molecule has 0 N–H and O–H groups in total. The van der Waals surface area contributed by atoms with E-state index in [4.69, 9.17) is 23.2 Å². The van der Waals surface area contributed by atoms with Gasteiger partial charge in [0.1, 0.15) is 0 Å². The van der Waals surface area contributed by atoms with Crippen LogP contribution < -0.4 is 0 Å². The molecule has 0 amide bonds. The lowest BCUT2D eigenvalue weighted by Crippen LogP contribution is -1.97. The predicted octanol–water partition coefficient (Wildman–Crippen LogP) is 4.95. The van der Waals surface area contributed by atoms with Crippen molar-refractivity contribution in [2.75, 3.05) is 0 Å². The number of rotatable bonds is 0. The maximum atomic E-state index is 6.19. The van der Waals surface area contributed by atoms with Gasteiger partial charge < -0.3 is 0 Å². The molecule has 2 heteroatoms. The molecule has 3 aliphatic carbocycles. The molecule has 18 heavy (non-hydrogen) atoms. The van der Waals surface area contributed by atoms with Crippen LogP contribution in [-0.2, 0) is 0 Å². The van der Waals surface area contributed by atoms with E-state index in [-0.39, 0.29) is 0 Å². The summed E-state index contributed by atoms with van der Waals surface area (Å²) in [6.45, 7) is 0. The van der Waals surface area contributed by atoms with E-state index >= 15 is 0 Å². The van der Waals surface area contributed by atoms with E-state index in [0.29, 0.717) is 21.9 Å². The molecule has 0 saturated heterocycles. The van der Waals surface area contributed by atoms with Gasteiger partial charge in [0.2, 0.25) is 0 Å². The summed E-state index contributed by atoms with van der Waals surface area (Å²) in [6, 6.07) is 13.1. The minimum Gasteiger partial charge on any atom is -0.0827 e. The second-order valence-electron chi connectivity index (χ2n) is 5.63. The van der Waals surface area contributed by atoms with Crippen molar-refractivity contribution in [1.29, 1.82) is 0 Å². The molecular formula is C16H10Cl2. The predicted molar refractivity (Wildman–Crippen MR) is 73.7 cm³/mol. The third-order valence-corrected chi connectivity index (χ3v) is 5.69. The molecule has 3 aliphatic rings. The Hall–Kier alpha value is -0.980. The Morgan fingerprint density at radius 3 is 2.11 bits per heavy atom. The third-order valence-electron chi connectivity index (χ3n) is 4.97. The van der Waals surface area contributed by atoms with E-state index in [1.54, 1.807) is 5.56 Å². The first-order valence-electron chi connectivity index (χ1n) is 6.35. The van der Waals surface area contributed by atoms with Crippen LogP contribution in [0.5, 0.6) is 0 Å². The quantitative estimate of drug-likeness (QED) is 0.637. The van der Waals surface area contributed by atoms with Crippen molar-refractivity contribution >= 4 is 23.2 Å². The van der Waals surface area contributed by atoms with E-state index < -0.39 is 0 Å². The van der Waals surface area contributed by atoms with Crippen molar-refractivity contribution < 1.29 is 0 Å². The Morgan fingerprint density at radius 2 is 1.33 bits per heavy atom. The lowest BCUT2D eigenvalue weighted by molar-refractivity contribution is 0.750. The average Bonchev–Trinajstić information content (AvgIpc) is 2.92. The third kappa shape index (κ3) is 0.941. The van der Waals surface area contributed by atoms with Gasteiger partial charge >= 0.3 is 0 Å². The Labute approximate surface area is 116 Å². The van der Waals surface area contributed by atoms with E-state index in [1.165, 1.54) is 16.7 Å². The summed E-state index contributed by atoms with van der Waals surface area (Å²) < 4.78 is 0. The van der Waals surface area contributed by atoms with E-state index in [0.717, 1.165) is 11.8 Å². The van der Waals surface area contributed by atoms with Crippen LogP contribution in [0.4, 0.5) is 0 Å². The zero-order chi connectivity index (χ0) is 12.0. The molecule has 4 atom stereocenters. The fraction of sp³-hybridized carbons (Fsp3) is 0.250. The molecule has 0 unspecified atom stereocenters. The number of fused-ring (bicyclic) bond motifs is 7. The summed E-state index contributed by atoms with van der Waals surface area (Å²) in [5.41, 5.74) is 5.93. The fourth-order valence-electron chi connectivity index (χ4n) is 4.37. The van der Waals surface area contributed by atoms with Crippen LogP contribution in [0.1, 0.15) is 40.0 Å². The molecule has 2 aromatic rings. The van der Waals surface area contributed by atoms with E-state index in [9.17, 15) is 0 Å². The molecule has 0 aliphatic heterocycles. The molecule has 0 radical (unpaired) electrons. The SMILES string of the molecule is Clc1cc2c(cc1Cl)[C@@H]1[C@@H]3c4ccccc4[C@H]2[C@H]13. The maximum Gasteiger partial charge on any atom is 0.0595 e. The van der Waals surface area contributed by atoms with Crippen LogP contribution in [-0.4, -0.2) is 0 Å². The highest BCUT2D eigenvalue weighted by atomic mass is 35.5. The summed E-state index contributed by atoms with van der Waals surface area (Å²) in [6.07, 6.45) is 0. The van der Waals surface area contributed by atoms with Gasteiger partial charge in [-0.15, -0.1) is 0 Å².